The van der Waals surface area contributed by atoms with Crippen LogP contribution in [0.2, 0.25) is 0 Å². The van der Waals surface area contributed by atoms with Crippen LogP contribution in [0, 0.1) is 5.82 Å². The molecule has 1 aromatic heterocycles. The lowest BCUT2D eigenvalue weighted by molar-refractivity contribution is 0.0692. The summed E-state index contributed by atoms with van der Waals surface area (Å²) in [5, 5.41) is 0.462. The van der Waals surface area contributed by atoms with Gasteiger partial charge in [0.25, 0.3) is 11.5 Å². The van der Waals surface area contributed by atoms with E-state index >= 15 is 0 Å². The molecule has 0 saturated heterocycles. The van der Waals surface area contributed by atoms with Gasteiger partial charge in [-0.3, -0.25) is 14.2 Å². The third-order valence-electron chi connectivity index (χ3n) is 5.72. The Bertz CT molecular complexity index is 1400. The second-order valence-electron chi connectivity index (χ2n) is 7.81. The largest absolute Gasteiger partial charge is 0.492 e. The van der Waals surface area contributed by atoms with Gasteiger partial charge in [-0.2, -0.15) is 0 Å². The van der Waals surface area contributed by atoms with E-state index in [4.69, 9.17) is 9.72 Å². The molecule has 174 valence electrons. The first-order valence-corrected chi connectivity index (χ1v) is 11.3. The lowest BCUT2D eigenvalue weighted by Gasteiger charge is -2.30. The van der Waals surface area contributed by atoms with Gasteiger partial charge >= 0.3 is 0 Å². The van der Waals surface area contributed by atoms with Gasteiger partial charge in [0.2, 0.25) is 0 Å². The first-order valence-electron chi connectivity index (χ1n) is 11.3. The van der Waals surface area contributed by atoms with Crippen molar-refractivity contribution in [1.82, 2.24) is 14.5 Å². The number of ether oxygens (including phenoxy) is 1. The van der Waals surface area contributed by atoms with Crippen molar-refractivity contribution in [2.24, 2.45) is 0 Å². The Morgan fingerprint density at radius 1 is 1.06 bits per heavy atom. The van der Waals surface area contributed by atoms with Gasteiger partial charge in [0.15, 0.2) is 0 Å². The van der Waals surface area contributed by atoms with E-state index in [1.807, 2.05) is 39.0 Å². The van der Waals surface area contributed by atoms with Crippen LogP contribution in [0.3, 0.4) is 0 Å². The third kappa shape index (κ3) is 4.29. The summed E-state index contributed by atoms with van der Waals surface area (Å²) in [5.74, 6) is 0.0991. The van der Waals surface area contributed by atoms with Gasteiger partial charge in [0, 0.05) is 12.1 Å². The Morgan fingerprint density at radius 3 is 2.53 bits per heavy atom. The molecule has 0 fully saturated rings. The molecule has 0 radical (unpaired) electrons. The molecular formula is C27H26FN3O3. The monoisotopic (exact) mass is 459 g/mol. The maximum absolute atomic E-state index is 13.8. The van der Waals surface area contributed by atoms with E-state index < -0.39 is 11.9 Å². The summed E-state index contributed by atoms with van der Waals surface area (Å²) in [6.07, 6.45) is 0. The quantitative estimate of drug-likeness (QED) is 0.384. The van der Waals surface area contributed by atoms with Crippen LogP contribution < -0.4 is 10.3 Å². The van der Waals surface area contributed by atoms with E-state index in [-0.39, 0.29) is 17.0 Å². The van der Waals surface area contributed by atoms with Crippen molar-refractivity contribution in [2.75, 3.05) is 13.2 Å². The van der Waals surface area contributed by atoms with E-state index in [0.717, 1.165) is 0 Å². The zero-order valence-electron chi connectivity index (χ0n) is 19.4. The SMILES string of the molecule is CCOc1ccccc1-n1c(C(C)N(CC)C(=O)c2cccc(F)c2)nc2ccccc2c1=O. The fraction of sp³-hybridized carbons (Fsp3) is 0.222. The zero-order valence-corrected chi connectivity index (χ0v) is 19.4. The molecule has 4 rings (SSSR count). The fourth-order valence-electron chi connectivity index (χ4n) is 4.10. The molecule has 0 saturated carbocycles. The molecule has 0 aliphatic heterocycles. The lowest BCUT2D eigenvalue weighted by atomic mass is 10.1. The maximum Gasteiger partial charge on any atom is 0.266 e. The predicted molar refractivity (Wildman–Crippen MR) is 130 cm³/mol. The molecular weight excluding hydrogens is 433 g/mol. The first kappa shape index (κ1) is 23.2. The van der Waals surface area contributed by atoms with E-state index in [1.54, 1.807) is 41.3 Å². The van der Waals surface area contributed by atoms with E-state index in [1.165, 1.54) is 22.8 Å². The summed E-state index contributed by atoms with van der Waals surface area (Å²) in [6.45, 7) is 6.30. The van der Waals surface area contributed by atoms with Crippen LogP contribution in [0.1, 0.15) is 43.0 Å². The highest BCUT2D eigenvalue weighted by Gasteiger charge is 2.27. The van der Waals surface area contributed by atoms with Gasteiger partial charge in [-0.05, 0) is 63.2 Å². The standard InChI is InChI=1S/C27H26FN3O3/c1-4-30(26(32)19-11-10-12-20(28)17-19)18(3)25-29-22-14-7-6-13-21(22)27(33)31(25)23-15-8-9-16-24(23)34-5-2/h6-18H,4-5H2,1-3H3. The van der Waals surface area contributed by atoms with Gasteiger partial charge in [0.05, 0.1) is 29.2 Å². The molecule has 0 spiro atoms. The molecule has 6 nitrogen and oxygen atoms in total. The van der Waals surface area contributed by atoms with Crippen molar-refractivity contribution in [2.45, 2.75) is 26.8 Å². The average Bonchev–Trinajstić information content (AvgIpc) is 2.85. The molecule has 0 N–H and O–H groups in total. The highest BCUT2D eigenvalue weighted by Crippen LogP contribution is 2.28. The molecule has 4 aromatic rings. The number of amides is 1. The van der Waals surface area contributed by atoms with Crippen LogP contribution in [-0.4, -0.2) is 33.5 Å². The molecule has 0 bridgehead atoms. The van der Waals surface area contributed by atoms with Crippen LogP contribution in [0.15, 0.2) is 77.6 Å². The minimum absolute atomic E-state index is 0.234. The number of fused-ring (bicyclic) bond motifs is 1. The average molecular weight is 460 g/mol. The summed E-state index contributed by atoms with van der Waals surface area (Å²) in [5.41, 5.74) is 1.06. The number of carbonyl (C=O) groups is 1. The summed E-state index contributed by atoms with van der Waals surface area (Å²) in [6, 6.07) is 19.4. The van der Waals surface area contributed by atoms with Crippen LogP contribution >= 0.6 is 0 Å². The van der Waals surface area contributed by atoms with Crippen LogP contribution in [0.4, 0.5) is 4.39 Å². The molecule has 0 aliphatic rings. The van der Waals surface area contributed by atoms with E-state index in [9.17, 15) is 14.0 Å². The lowest BCUT2D eigenvalue weighted by Crippen LogP contribution is -2.37. The van der Waals surface area contributed by atoms with Crippen molar-refractivity contribution in [3.8, 4) is 11.4 Å². The van der Waals surface area contributed by atoms with Gasteiger partial charge in [-0.25, -0.2) is 9.37 Å². The van der Waals surface area contributed by atoms with Crippen LogP contribution in [0.5, 0.6) is 5.75 Å². The van der Waals surface area contributed by atoms with Gasteiger partial charge in [-0.1, -0.05) is 30.3 Å². The number of benzene rings is 3. The summed E-state index contributed by atoms with van der Waals surface area (Å²) in [7, 11) is 0. The van der Waals surface area contributed by atoms with Crippen molar-refractivity contribution < 1.29 is 13.9 Å². The molecule has 1 amide bonds. The normalized spacial score (nSPS) is 11.9. The number of hydrogen-bond donors (Lipinski definition) is 0. The number of hydrogen-bond acceptors (Lipinski definition) is 4. The van der Waals surface area contributed by atoms with Crippen molar-refractivity contribution in [1.29, 1.82) is 0 Å². The van der Waals surface area contributed by atoms with Crippen molar-refractivity contribution in [3.05, 3.63) is 100 Å². The molecule has 1 unspecified atom stereocenters. The van der Waals surface area contributed by atoms with Crippen LogP contribution in [-0.2, 0) is 0 Å². The number of halogens is 1. The van der Waals surface area contributed by atoms with E-state index in [2.05, 4.69) is 0 Å². The highest BCUT2D eigenvalue weighted by molar-refractivity contribution is 5.94. The second-order valence-corrected chi connectivity index (χ2v) is 7.81. The fourth-order valence-corrected chi connectivity index (χ4v) is 4.10. The summed E-state index contributed by atoms with van der Waals surface area (Å²) in [4.78, 5) is 33.4. The second kappa shape index (κ2) is 9.87. The predicted octanol–water partition coefficient (Wildman–Crippen LogP) is 5.15. The third-order valence-corrected chi connectivity index (χ3v) is 5.72. The highest BCUT2D eigenvalue weighted by atomic mass is 19.1. The van der Waals surface area contributed by atoms with Crippen molar-refractivity contribution in [3.63, 3.8) is 0 Å². The summed E-state index contributed by atoms with van der Waals surface area (Å²) >= 11 is 0. The molecule has 0 aliphatic carbocycles. The number of nitrogens with zero attached hydrogens (tertiary/aromatic N) is 3. The Morgan fingerprint density at radius 2 is 1.79 bits per heavy atom. The Kier molecular flexibility index (Phi) is 6.72. The van der Waals surface area contributed by atoms with Crippen molar-refractivity contribution >= 4 is 16.8 Å². The molecule has 3 aromatic carbocycles. The number of para-hydroxylation sites is 3. The molecule has 1 heterocycles. The maximum atomic E-state index is 13.8. The first-order chi connectivity index (χ1) is 16.5. The minimum Gasteiger partial charge on any atom is -0.492 e. The zero-order chi connectivity index (χ0) is 24.2. The molecule has 7 heteroatoms. The summed E-state index contributed by atoms with van der Waals surface area (Å²) < 4.78 is 21.1. The minimum atomic E-state index is -0.590. The molecule has 1 atom stereocenters. The van der Waals surface area contributed by atoms with Gasteiger partial charge < -0.3 is 9.64 Å². The Hall–Kier alpha value is -4.00. The van der Waals surface area contributed by atoms with Crippen LogP contribution in [0.25, 0.3) is 16.6 Å². The molecule has 34 heavy (non-hydrogen) atoms. The Labute approximate surface area is 197 Å². The van der Waals surface area contributed by atoms with Gasteiger partial charge in [-0.15, -0.1) is 0 Å². The number of rotatable bonds is 7. The number of aromatic nitrogens is 2. The Balaban J connectivity index is 1.93. The van der Waals surface area contributed by atoms with Gasteiger partial charge in [0.1, 0.15) is 17.4 Å². The smallest absolute Gasteiger partial charge is 0.266 e. The number of carbonyl (C=O) groups excluding carboxylic acids is 1. The topological polar surface area (TPSA) is 64.4 Å². The van der Waals surface area contributed by atoms with E-state index in [0.29, 0.717) is 41.3 Å².